The monoisotopic (exact) mass is 399 g/mol. The number of rotatable bonds is 2. The third kappa shape index (κ3) is 2.53. The Morgan fingerprint density at radius 1 is 1.03 bits per heavy atom. The number of benzene rings is 2. The normalized spacial score (nSPS) is 20.8. The molecule has 2 aliphatic rings. The molecule has 1 aliphatic heterocycles. The fraction of sp³-hybridized carbons (Fsp3) is 0.167. The standard InChI is InChI=1S/C24H18FN3O2/c25-16-9-7-14(8-10-16)23-22-18(12-15(13-20(22)29)21-6-3-11-30-21)27-24-26-17-4-1-2-5-19(17)28(23)24/h1-11,15,23H,12-13H2,(H,26,27). The Balaban J connectivity index is 1.55. The number of hydrogen-bond acceptors (Lipinski definition) is 4. The average molecular weight is 399 g/mol. The topological polar surface area (TPSA) is 60.1 Å². The molecule has 0 spiro atoms. The second-order valence-corrected chi connectivity index (χ2v) is 7.81. The fourth-order valence-corrected chi connectivity index (χ4v) is 4.71. The van der Waals surface area contributed by atoms with Gasteiger partial charge in [-0.2, -0.15) is 0 Å². The number of halogens is 1. The van der Waals surface area contributed by atoms with E-state index in [-0.39, 0.29) is 23.6 Å². The van der Waals surface area contributed by atoms with E-state index in [1.54, 1.807) is 18.4 Å². The number of para-hydroxylation sites is 2. The zero-order chi connectivity index (χ0) is 20.2. The molecule has 2 unspecified atom stereocenters. The van der Waals surface area contributed by atoms with Crippen molar-refractivity contribution < 1.29 is 13.6 Å². The molecular weight excluding hydrogens is 381 g/mol. The van der Waals surface area contributed by atoms with E-state index in [0.717, 1.165) is 33.6 Å². The van der Waals surface area contributed by atoms with Crippen LogP contribution in [-0.2, 0) is 4.79 Å². The molecule has 6 heteroatoms. The first-order valence-corrected chi connectivity index (χ1v) is 9.98. The molecule has 0 amide bonds. The third-order valence-corrected chi connectivity index (χ3v) is 6.03. The average Bonchev–Trinajstić information content (AvgIpc) is 3.41. The van der Waals surface area contributed by atoms with Gasteiger partial charge in [0.05, 0.1) is 23.3 Å². The van der Waals surface area contributed by atoms with Gasteiger partial charge in [-0.25, -0.2) is 9.37 Å². The number of anilines is 1. The van der Waals surface area contributed by atoms with Gasteiger partial charge < -0.3 is 9.73 Å². The van der Waals surface area contributed by atoms with Crippen LogP contribution in [0.15, 0.2) is 82.6 Å². The van der Waals surface area contributed by atoms with Gasteiger partial charge in [-0.3, -0.25) is 9.36 Å². The summed E-state index contributed by atoms with van der Waals surface area (Å²) in [4.78, 5) is 18.2. The molecule has 5 nitrogen and oxygen atoms in total. The molecular formula is C24H18FN3O2. The number of hydrogen-bond donors (Lipinski definition) is 1. The van der Waals surface area contributed by atoms with E-state index in [2.05, 4.69) is 5.32 Å². The number of fused-ring (bicyclic) bond motifs is 3. The first kappa shape index (κ1) is 17.2. The predicted molar refractivity (Wildman–Crippen MR) is 111 cm³/mol. The molecule has 1 aliphatic carbocycles. The van der Waals surface area contributed by atoms with E-state index < -0.39 is 0 Å². The van der Waals surface area contributed by atoms with Crippen molar-refractivity contribution in [3.05, 3.63) is 95.3 Å². The summed E-state index contributed by atoms with van der Waals surface area (Å²) in [5, 5.41) is 3.42. The summed E-state index contributed by atoms with van der Waals surface area (Å²) in [6.07, 6.45) is 2.68. The highest BCUT2D eigenvalue weighted by molar-refractivity contribution is 6.01. The molecule has 6 rings (SSSR count). The number of nitrogens with zero attached hydrogens (tertiary/aromatic N) is 2. The Bertz CT molecular complexity index is 1300. The van der Waals surface area contributed by atoms with E-state index in [0.29, 0.717) is 18.8 Å². The molecule has 0 bridgehead atoms. The van der Waals surface area contributed by atoms with E-state index >= 15 is 0 Å². The quantitative estimate of drug-likeness (QED) is 0.504. The Labute approximate surface area is 171 Å². The van der Waals surface area contributed by atoms with Gasteiger partial charge in [-0.15, -0.1) is 0 Å². The van der Waals surface area contributed by atoms with Gasteiger partial charge >= 0.3 is 0 Å². The maximum Gasteiger partial charge on any atom is 0.209 e. The number of nitrogens with one attached hydrogen (secondary N) is 1. The summed E-state index contributed by atoms with van der Waals surface area (Å²) in [7, 11) is 0. The highest BCUT2D eigenvalue weighted by Crippen LogP contribution is 2.45. The maximum absolute atomic E-state index is 13.6. The lowest BCUT2D eigenvalue weighted by Crippen LogP contribution is -2.33. The number of aromatic nitrogens is 2. The van der Waals surface area contributed by atoms with E-state index in [1.165, 1.54) is 12.1 Å². The summed E-state index contributed by atoms with van der Waals surface area (Å²) < 4.78 is 21.3. The highest BCUT2D eigenvalue weighted by Gasteiger charge is 2.40. The van der Waals surface area contributed by atoms with Crippen molar-refractivity contribution in [3.8, 4) is 0 Å². The largest absolute Gasteiger partial charge is 0.469 e. The number of imidazole rings is 1. The molecule has 3 heterocycles. The molecule has 2 atom stereocenters. The van der Waals surface area contributed by atoms with E-state index in [1.807, 2.05) is 41.0 Å². The summed E-state index contributed by atoms with van der Waals surface area (Å²) in [6.45, 7) is 0. The van der Waals surface area contributed by atoms with Gasteiger partial charge in [-0.1, -0.05) is 24.3 Å². The second kappa shape index (κ2) is 6.42. The van der Waals surface area contributed by atoms with Crippen LogP contribution >= 0.6 is 0 Å². The second-order valence-electron chi connectivity index (χ2n) is 7.81. The fourth-order valence-electron chi connectivity index (χ4n) is 4.71. The summed E-state index contributed by atoms with van der Waals surface area (Å²) in [5.74, 6) is 1.27. The molecule has 2 aromatic carbocycles. The van der Waals surface area contributed by atoms with Crippen molar-refractivity contribution in [1.29, 1.82) is 0 Å². The van der Waals surface area contributed by atoms with Crippen molar-refractivity contribution in [1.82, 2.24) is 9.55 Å². The van der Waals surface area contributed by atoms with E-state index in [4.69, 9.17) is 9.40 Å². The van der Waals surface area contributed by atoms with E-state index in [9.17, 15) is 9.18 Å². The van der Waals surface area contributed by atoms with Crippen LogP contribution in [0.5, 0.6) is 0 Å². The summed E-state index contributed by atoms with van der Waals surface area (Å²) >= 11 is 0. The van der Waals surface area contributed by atoms with Gasteiger partial charge in [0.25, 0.3) is 0 Å². The minimum atomic E-state index is -0.352. The Morgan fingerprint density at radius 3 is 2.67 bits per heavy atom. The Kier molecular flexibility index (Phi) is 3.68. The number of ketones is 1. The Hall–Kier alpha value is -3.67. The van der Waals surface area contributed by atoms with Gasteiger partial charge in [0, 0.05) is 23.6 Å². The van der Waals surface area contributed by atoms with Crippen LogP contribution in [-0.4, -0.2) is 15.3 Å². The van der Waals surface area contributed by atoms with Crippen molar-refractivity contribution in [2.24, 2.45) is 0 Å². The maximum atomic E-state index is 13.6. The summed E-state index contributed by atoms with van der Waals surface area (Å²) in [6, 6.07) is 17.6. The first-order chi connectivity index (χ1) is 14.7. The molecule has 30 heavy (non-hydrogen) atoms. The van der Waals surface area contributed by atoms with Crippen LogP contribution in [0.3, 0.4) is 0 Å². The third-order valence-electron chi connectivity index (χ3n) is 6.03. The molecule has 0 fully saturated rings. The predicted octanol–water partition coefficient (Wildman–Crippen LogP) is 5.18. The number of furan rings is 1. The lowest BCUT2D eigenvalue weighted by molar-refractivity contribution is -0.116. The zero-order valence-electron chi connectivity index (χ0n) is 16.0. The zero-order valence-corrected chi connectivity index (χ0v) is 16.0. The van der Waals surface area contributed by atoms with Crippen LogP contribution in [0.1, 0.15) is 36.1 Å². The molecule has 0 radical (unpaired) electrons. The molecule has 4 aromatic rings. The minimum Gasteiger partial charge on any atom is -0.469 e. The first-order valence-electron chi connectivity index (χ1n) is 9.98. The summed E-state index contributed by atoms with van der Waals surface area (Å²) in [5.41, 5.74) is 4.23. The number of carbonyl (C=O) groups is 1. The SMILES string of the molecule is O=C1CC(c2ccco2)CC2=C1C(c1ccc(F)cc1)n1c(nc3ccccc31)N2. The number of allylic oxidation sites excluding steroid dienone is 2. The molecule has 2 aromatic heterocycles. The van der Waals surface area contributed by atoms with Crippen molar-refractivity contribution in [2.45, 2.75) is 24.8 Å². The van der Waals surface area contributed by atoms with Crippen LogP contribution < -0.4 is 5.32 Å². The van der Waals surface area contributed by atoms with Crippen molar-refractivity contribution in [3.63, 3.8) is 0 Å². The lowest BCUT2D eigenvalue weighted by atomic mass is 9.79. The van der Waals surface area contributed by atoms with Gasteiger partial charge in [0.1, 0.15) is 11.6 Å². The smallest absolute Gasteiger partial charge is 0.209 e. The van der Waals surface area contributed by atoms with Crippen LogP contribution in [0.25, 0.3) is 11.0 Å². The minimum absolute atomic E-state index is 0.0106. The van der Waals surface area contributed by atoms with Crippen molar-refractivity contribution >= 4 is 22.8 Å². The van der Waals surface area contributed by atoms with Gasteiger partial charge in [-0.05, 0) is 48.4 Å². The van der Waals surface area contributed by atoms with Gasteiger partial charge in [0.15, 0.2) is 5.78 Å². The van der Waals surface area contributed by atoms with Crippen molar-refractivity contribution in [2.75, 3.05) is 5.32 Å². The lowest BCUT2D eigenvalue weighted by Gasteiger charge is -2.35. The Morgan fingerprint density at radius 2 is 1.87 bits per heavy atom. The molecule has 148 valence electrons. The van der Waals surface area contributed by atoms with Gasteiger partial charge in [0.2, 0.25) is 5.95 Å². The van der Waals surface area contributed by atoms with Crippen LogP contribution in [0.4, 0.5) is 10.3 Å². The van der Waals surface area contributed by atoms with Crippen LogP contribution in [0, 0.1) is 5.82 Å². The van der Waals surface area contributed by atoms with Crippen LogP contribution in [0.2, 0.25) is 0 Å². The number of Topliss-reactive ketones (excluding diaryl/α,β-unsaturated/α-hetero) is 1. The molecule has 0 saturated heterocycles. The highest BCUT2D eigenvalue weighted by atomic mass is 19.1. The molecule has 0 saturated carbocycles. The number of carbonyl (C=O) groups excluding carboxylic acids is 1. The molecule has 1 N–H and O–H groups in total.